The van der Waals surface area contributed by atoms with Gasteiger partial charge in [-0.15, -0.1) is 0 Å². The molecule has 1 aromatic heterocycles. The van der Waals surface area contributed by atoms with Crippen LogP contribution in [0, 0.1) is 0 Å². The fourth-order valence-electron chi connectivity index (χ4n) is 2.03. The normalized spacial score (nSPS) is 13.4. The molecule has 0 amide bonds. The summed E-state index contributed by atoms with van der Waals surface area (Å²) < 4.78 is 0. The smallest absolute Gasteiger partial charge is 0.222 e. The summed E-state index contributed by atoms with van der Waals surface area (Å²) in [5, 5.41) is 6.55. The van der Waals surface area contributed by atoms with Gasteiger partial charge in [-0.3, -0.25) is 0 Å². The Balaban J connectivity index is 1.70. The van der Waals surface area contributed by atoms with Crippen LogP contribution in [0.25, 0.3) is 0 Å². The molecule has 0 radical (unpaired) electrons. The largest absolute Gasteiger partial charge is 0.350 e. The Morgan fingerprint density at radius 3 is 2.82 bits per heavy atom. The number of fused-ring (bicyclic) bond motifs is 1. The van der Waals surface area contributed by atoms with E-state index in [4.69, 9.17) is 0 Å². The summed E-state index contributed by atoms with van der Waals surface area (Å²) in [5.74, 6) is 0.672. The first-order valence-corrected chi connectivity index (χ1v) is 5.74. The number of hydrogen-bond acceptors (Lipinski definition) is 4. The highest BCUT2D eigenvalue weighted by Crippen LogP contribution is 2.17. The lowest BCUT2D eigenvalue weighted by molar-refractivity contribution is 0.764. The second-order valence-corrected chi connectivity index (χ2v) is 4.13. The van der Waals surface area contributed by atoms with Crippen LogP contribution >= 0.6 is 0 Å². The minimum Gasteiger partial charge on any atom is -0.350 e. The Kier molecular flexibility index (Phi) is 2.71. The van der Waals surface area contributed by atoms with Gasteiger partial charge >= 0.3 is 0 Å². The highest BCUT2D eigenvalue weighted by molar-refractivity contribution is 5.36. The Morgan fingerprint density at radius 2 is 1.94 bits per heavy atom. The van der Waals surface area contributed by atoms with Crippen LogP contribution in [0.1, 0.15) is 16.7 Å². The highest BCUT2D eigenvalue weighted by atomic mass is 15.1. The SMILES string of the molecule is c1cnc(NCc2ccc3c(c2)CNC3)nc1. The van der Waals surface area contributed by atoms with Crippen molar-refractivity contribution in [3.8, 4) is 0 Å². The van der Waals surface area contributed by atoms with Gasteiger partial charge in [-0.05, 0) is 22.8 Å². The van der Waals surface area contributed by atoms with E-state index in [1.54, 1.807) is 12.4 Å². The van der Waals surface area contributed by atoms with Gasteiger partial charge in [-0.1, -0.05) is 18.2 Å². The number of nitrogens with zero attached hydrogens (tertiary/aromatic N) is 2. The molecule has 3 rings (SSSR count). The van der Waals surface area contributed by atoms with Gasteiger partial charge in [0.2, 0.25) is 5.95 Å². The van der Waals surface area contributed by atoms with Crippen LogP contribution in [0.4, 0.5) is 5.95 Å². The summed E-state index contributed by atoms with van der Waals surface area (Å²) in [6, 6.07) is 8.40. The van der Waals surface area contributed by atoms with Gasteiger partial charge in [0.15, 0.2) is 0 Å². The molecule has 0 unspecified atom stereocenters. The van der Waals surface area contributed by atoms with Crippen LogP contribution in [-0.2, 0) is 19.6 Å². The maximum atomic E-state index is 4.13. The predicted molar refractivity (Wildman–Crippen MR) is 66.3 cm³/mol. The van der Waals surface area contributed by atoms with Gasteiger partial charge in [0, 0.05) is 32.0 Å². The maximum Gasteiger partial charge on any atom is 0.222 e. The average Bonchev–Trinajstić information content (AvgIpc) is 2.85. The van der Waals surface area contributed by atoms with Crippen molar-refractivity contribution in [3.63, 3.8) is 0 Å². The summed E-state index contributed by atoms with van der Waals surface area (Å²) in [4.78, 5) is 8.26. The lowest BCUT2D eigenvalue weighted by Crippen LogP contribution is -2.03. The van der Waals surface area contributed by atoms with Crippen LogP contribution in [0.5, 0.6) is 0 Å². The molecule has 2 N–H and O–H groups in total. The number of rotatable bonds is 3. The van der Waals surface area contributed by atoms with Crippen molar-refractivity contribution >= 4 is 5.95 Å². The highest BCUT2D eigenvalue weighted by Gasteiger charge is 2.09. The lowest BCUT2D eigenvalue weighted by Gasteiger charge is -2.06. The predicted octanol–water partition coefficient (Wildman–Crippen LogP) is 1.69. The maximum absolute atomic E-state index is 4.13. The van der Waals surface area contributed by atoms with Gasteiger partial charge in [0.25, 0.3) is 0 Å². The van der Waals surface area contributed by atoms with Gasteiger partial charge in [0.05, 0.1) is 0 Å². The second kappa shape index (κ2) is 4.51. The lowest BCUT2D eigenvalue weighted by atomic mass is 10.1. The van der Waals surface area contributed by atoms with E-state index >= 15 is 0 Å². The molecule has 1 aromatic carbocycles. The van der Waals surface area contributed by atoms with E-state index in [-0.39, 0.29) is 0 Å². The zero-order valence-corrected chi connectivity index (χ0v) is 9.48. The fraction of sp³-hybridized carbons (Fsp3) is 0.231. The first-order valence-electron chi connectivity index (χ1n) is 5.74. The summed E-state index contributed by atoms with van der Waals surface area (Å²) in [5.41, 5.74) is 4.07. The van der Waals surface area contributed by atoms with Gasteiger partial charge in [-0.25, -0.2) is 9.97 Å². The average molecular weight is 226 g/mol. The molecule has 0 spiro atoms. The number of anilines is 1. The van der Waals surface area contributed by atoms with E-state index in [1.807, 2.05) is 6.07 Å². The quantitative estimate of drug-likeness (QED) is 0.836. The van der Waals surface area contributed by atoms with E-state index in [0.29, 0.717) is 5.95 Å². The molecule has 0 bridgehead atoms. The molecular formula is C13H14N4. The third-order valence-electron chi connectivity index (χ3n) is 2.92. The van der Waals surface area contributed by atoms with Crippen molar-refractivity contribution in [1.29, 1.82) is 0 Å². The van der Waals surface area contributed by atoms with E-state index in [2.05, 4.69) is 38.8 Å². The molecule has 17 heavy (non-hydrogen) atoms. The number of nitrogens with one attached hydrogen (secondary N) is 2. The molecule has 4 heteroatoms. The molecular weight excluding hydrogens is 212 g/mol. The third-order valence-corrected chi connectivity index (χ3v) is 2.92. The molecule has 4 nitrogen and oxygen atoms in total. The van der Waals surface area contributed by atoms with Crippen LogP contribution in [0.2, 0.25) is 0 Å². The van der Waals surface area contributed by atoms with Gasteiger partial charge in [-0.2, -0.15) is 0 Å². The summed E-state index contributed by atoms with van der Waals surface area (Å²) in [6.45, 7) is 2.73. The molecule has 2 aromatic rings. The van der Waals surface area contributed by atoms with Crippen molar-refractivity contribution in [2.75, 3.05) is 5.32 Å². The first-order chi connectivity index (χ1) is 8.42. The molecule has 1 aliphatic rings. The monoisotopic (exact) mass is 226 g/mol. The zero-order chi connectivity index (χ0) is 11.5. The summed E-state index contributed by atoms with van der Waals surface area (Å²) >= 11 is 0. The summed E-state index contributed by atoms with van der Waals surface area (Å²) in [6.07, 6.45) is 3.48. The Morgan fingerprint density at radius 1 is 1.12 bits per heavy atom. The van der Waals surface area contributed by atoms with E-state index in [9.17, 15) is 0 Å². The molecule has 0 fully saturated rings. The fourth-order valence-corrected chi connectivity index (χ4v) is 2.03. The van der Waals surface area contributed by atoms with Crippen LogP contribution < -0.4 is 10.6 Å². The third kappa shape index (κ3) is 2.26. The minimum absolute atomic E-state index is 0.672. The molecule has 0 saturated carbocycles. The van der Waals surface area contributed by atoms with Crippen LogP contribution in [0.3, 0.4) is 0 Å². The molecule has 86 valence electrons. The van der Waals surface area contributed by atoms with E-state index in [1.165, 1.54) is 16.7 Å². The van der Waals surface area contributed by atoms with Gasteiger partial charge < -0.3 is 10.6 Å². The first kappa shape index (κ1) is 10.2. The van der Waals surface area contributed by atoms with Crippen LogP contribution in [-0.4, -0.2) is 9.97 Å². The standard InChI is InChI=1S/C13H14N4/c1-4-15-13(16-5-1)17-7-10-2-3-11-8-14-9-12(11)6-10/h1-6,14H,7-9H2,(H,15,16,17). The van der Waals surface area contributed by atoms with E-state index in [0.717, 1.165) is 19.6 Å². The molecule has 0 saturated heterocycles. The number of aromatic nitrogens is 2. The van der Waals surface area contributed by atoms with Crippen molar-refractivity contribution in [2.45, 2.75) is 19.6 Å². The minimum atomic E-state index is 0.672. The Bertz CT molecular complexity index is 510. The molecule has 2 heterocycles. The van der Waals surface area contributed by atoms with Gasteiger partial charge in [0.1, 0.15) is 0 Å². The van der Waals surface area contributed by atoms with Crippen LogP contribution in [0.15, 0.2) is 36.7 Å². The molecule has 1 aliphatic heterocycles. The van der Waals surface area contributed by atoms with Crippen molar-refractivity contribution in [1.82, 2.24) is 15.3 Å². The van der Waals surface area contributed by atoms with Crippen molar-refractivity contribution in [2.24, 2.45) is 0 Å². The zero-order valence-electron chi connectivity index (χ0n) is 9.48. The summed E-state index contributed by atoms with van der Waals surface area (Å²) in [7, 11) is 0. The Labute approximate surface area is 100 Å². The van der Waals surface area contributed by atoms with Crippen molar-refractivity contribution in [3.05, 3.63) is 53.3 Å². The molecule has 0 atom stereocenters. The molecule has 0 aliphatic carbocycles. The van der Waals surface area contributed by atoms with E-state index < -0.39 is 0 Å². The number of benzene rings is 1. The second-order valence-electron chi connectivity index (χ2n) is 4.13. The topological polar surface area (TPSA) is 49.8 Å². The van der Waals surface area contributed by atoms with Crippen molar-refractivity contribution < 1.29 is 0 Å². The number of hydrogen-bond donors (Lipinski definition) is 2. The Hall–Kier alpha value is -1.94.